The fraction of sp³-hybridized carbons (Fsp3) is 0.417. The number of nitrogens with zero attached hydrogens (tertiary/aromatic N) is 1. The van der Waals surface area contributed by atoms with Crippen LogP contribution < -0.4 is 10.9 Å². The van der Waals surface area contributed by atoms with E-state index < -0.39 is 0 Å². The van der Waals surface area contributed by atoms with E-state index in [4.69, 9.17) is 0 Å². The second-order valence-electron chi connectivity index (χ2n) is 4.61. The van der Waals surface area contributed by atoms with Gasteiger partial charge in [0, 0.05) is 6.54 Å². The summed E-state index contributed by atoms with van der Waals surface area (Å²) in [5, 5.41) is 4.18. The summed E-state index contributed by atoms with van der Waals surface area (Å²) in [5.41, 5.74) is 0.118. The Kier molecular flexibility index (Phi) is 2.16. The summed E-state index contributed by atoms with van der Waals surface area (Å²) in [6, 6.07) is 7.84. The smallest absolute Gasteiger partial charge is 0.269 e. The second-order valence-corrected chi connectivity index (χ2v) is 5.60. The van der Waals surface area contributed by atoms with Crippen molar-refractivity contribution in [2.24, 2.45) is 0 Å². The van der Waals surface area contributed by atoms with Crippen LogP contribution in [0.15, 0.2) is 29.1 Å². The van der Waals surface area contributed by atoms with E-state index in [0.717, 1.165) is 29.6 Å². The molecule has 0 radical (unpaired) electrons. The van der Waals surface area contributed by atoms with Crippen molar-refractivity contribution in [3.05, 3.63) is 34.6 Å². The Hall–Kier alpha value is -1.13. The van der Waals surface area contributed by atoms with Crippen LogP contribution in [0.3, 0.4) is 0 Å². The molecule has 1 saturated heterocycles. The van der Waals surface area contributed by atoms with E-state index in [1.54, 1.807) is 11.5 Å². The molecule has 4 heteroatoms. The largest absolute Gasteiger partial charge is 0.314 e. The topological polar surface area (TPSA) is 34.0 Å². The van der Waals surface area contributed by atoms with E-state index in [0.29, 0.717) is 0 Å². The summed E-state index contributed by atoms with van der Waals surface area (Å²) in [5.74, 6) is 0. The quantitative estimate of drug-likeness (QED) is 0.816. The van der Waals surface area contributed by atoms with Crippen molar-refractivity contribution in [2.45, 2.75) is 18.9 Å². The molecule has 0 amide bonds. The van der Waals surface area contributed by atoms with E-state index in [1.807, 2.05) is 28.2 Å². The van der Waals surface area contributed by atoms with Crippen molar-refractivity contribution >= 4 is 21.6 Å². The predicted molar refractivity (Wildman–Crippen MR) is 67.2 cm³/mol. The third-order valence-corrected chi connectivity index (χ3v) is 4.67. The summed E-state index contributed by atoms with van der Waals surface area (Å²) in [6.07, 6.45) is 1.03. The standard InChI is InChI=1S/C12H14N2OS/c1-12(6-7-13-8-12)14-11(15)9-4-2-3-5-10(9)16-14/h2-5,13H,6-8H2,1H3. The number of nitrogens with one attached hydrogen (secondary N) is 1. The number of aromatic nitrogens is 1. The molecule has 1 aliphatic rings. The number of benzene rings is 1. The van der Waals surface area contributed by atoms with Gasteiger partial charge in [0.15, 0.2) is 0 Å². The monoisotopic (exact) mass is 234 g/mol. The summed E-state index contributed by atoms with van der Waals surface area (Å²) in [4.78, 5) is 12.3. The Morgan fingerprint density at radius 2 is 2.25 bits per heavy atom. The fourth-order valence-corrected chi connectivity index (χ4v) is 3.45. The van der Waals surface area contributed by atoms with E-state index in [-0.39, 0.29) is 11.1 Å². The maximum absolute atomic E-state index is 12.3. The minimum Gasteiger partial charge on any atom is -0.314 e. The van der Waals surface area contributed by atoms with Gasteiger partial charge in [0.25, 0.3) is 5.56 Å². The average molecular weight is 234 g/mol. The van der Waals surface area contributed by atoms with Crippen LogP contribution in [-0.2, 0) is 5.54 Å². The van der Waals surface area contributed by atoms with Crippen molar-refractivity contribution in [1.29, 1.82) is 0 Å². The highest BCUT2D eigenvalue weighted by molar-refractivity contribution is 7.13. The van der Waals surface area contributed by atoms with Crippen LogP contribution in [0, 0.1) is 0 Å². The lowest BCUT2D eigenvalue weighted by molar-refractivity contribution is 0.375. The molecule has 0 aliphatic carbocycles. The van der Waals surface area contributed by atoms with Crippen LogP contribution in [0.1, 0.15) is 13.3 Å². The summed E-state index contributed by atoms with van der Waals surface area (Å²) < 4.78 is 3.03. The van der Waals surface area contributed by atoms with Crippen molar-refractivity contribution in [2.75, 3.05) is 13.1 Å². The van der Waals surface area contributed by atoms with Crippen molar-refractivity contribution in [3.63, 3.8) is 0 Å². The van der Waals surface area contributed by atoms with E-state index in [1.165, 1.54) is 0 Å². The maximum Gasteiger partial charge on any atom is 0.269 e. The van der Waals surface area contributed by atoms with Gasteiger partial charge in [0.1, 0.15) is 0 Å². The Morgan fingerprint density at radius 1 is 1.44 bits per heavy atom. The zero-order chi connectivity index (χ0) is 11.2. The molecule has 16 heavy (non-hydrogen) atoms. The Labute approximate surface area is 97.9 Å². The molecule has 0 spiro atoms. The molecule has 1 aliphatic heterocycles. The molecule has 1 atom stereocenters. The van der Waals surface area contributed by atoms with E-state index >= 15 is 0 Å². The first kappa shape index (κ1) is 10.1. The third kappa shape index (κ3) is 1.33. The van der Waals surface area contributed by atoms with Gasteiger partial charge >= 0.3 is 0 Å². The molecule has 2 aromatic rings. The van der Waals surface area contributed by atoms with Crippen LogP contribution in [0.2, 0.25) is 0 Å². The zero-order valence-electron chi connectivity index (χ0n) is 9.19. The zero-order valence-corrected chi connectivity index (χ0v) is 10.0. The molecule has 1 aromatic heterocycles. The maximum atomic E-state index is 12.3. The Bertz CT molecular complexity index is 578. The average Bonchev–Trinajstić information content (AvgIpc) is 2.86. The van der Waals surface area contributed by atoms with Gasteiger partial charge < -0.3 is 5.32 Å². The first-order chi connectivity index (χ1) is 7.71. The second kappa shape index (κ2) is 3.43. The van der Waals surface area contributed by atoms with E-state index in [9.17, 15) is 4.79 Å². The first-order valence-corrected chi connectivity index (χ1v) is 6.30. The van der Waals surface area contributed by atoms with Gasteiger partial charge in [-0.05, 0) is 32.0 Å². The summed E-state index contributed by atoms with van der Waals surface area (Å²) in [6.45, 7) is 4.04. The molecule has 3 nitrogen and oxygen atoms in total. The molecule has 84 valence electrons. The molecule has 1 fully saturated rings. The number of hydrogen-bond acceptors (Lipinski definition) is 3. The molecule has 1 aromatic carbocycles. The number of hydrogen-bond donors (Lipinski definition) is 1. The molecular weight excluding hydrogens is 220 g/mol. The fourth-order valence-electron chi connectivity index (χ4n) is 2.30. The number of fused-ring (bicyclic) bond motifs is 1. The summed E-state index contributed by atoms with van der Waals surface area (Å²) >= 11 is 1.58. The molecule has 0 bridgehead atoms. The van der Waals surface area contributed by atoms with Crippen molar-refractivity contribution in [1.82, 2.24) is 9.27 Å². The van der Waals surface area contributed by atoms with Gasteiger partial charge in [0.2, 0.25) is 0 Å². The highest BCUT2D eigenvalue weighted by atomic mass is 32.1. The van der Waals surface area contributed by atoms with Crippen LogP contribution >= 0.6 is 11.5 Å². The van der Waals surface area contributed by atoms with Crippen LogP contribution in [0.5, 0.6) is 0 Å². The highest BCUT2D eigenvalue weighted by Gasteiger charge is 2.32. The number of rotatable bonds is 1. The van der Waals surface area contributed by atoms with Gasteiger partial charge in [-0.25, -0.2) is 0 Å². The Morgan fingerprint density at radius 3 is 2.94 bits per heavy atom. The molecule has 2 heterocycles. The lowest BCUT2D eigenvalue weighted by atomic mass is 10.0. The molecule has 1 unspecified atom stereocenters. The van der Waals surface area contributed by atoms with Gasteiger partial charge in [-0.3, -0.25) is 8.75 Å². The minimum atomic E-state index is -0.0409. The van der Waals surface area contributed by atoms with E-state index in [2.05, 4.69) is 12.2 Å². The van der Waals surface area contributed by atoms with Gasteiger partial charge in [-0.15, -0.1) is 0 Å². The predicted octanol–water partition coefficient (Wildman–Crippen LogP) is 1.77. The molecule has 3 rings (SSSR count). The van der Waals surface area contributed by atoms with Gasteiger partial charge in [0.05, 0.1) is 15.6 Å². The SMILES string of the molecule is CC1(n2sc3ccccc3c2=O)CCNC1. The first-order valence-electron chi connectivity index (χ1n) is 5.53. The normalized spacial score (nSPS) is 25.3. The third-order valence-electron chi connectivity index (χ3n) is 3.33. The minimum absolute atomic E-state index is 0.0409. The lowest BCUT2D eigenvalue weighted by Gasteiger charge is -2.22. The van der Waals surface area contributed by atoms with Crippen molar-refractivity contribution < 1.29 is 0 Å². The highest BCUT2D eigenvalue weighted by Crippen LogP contribution is 2.27. The van der Waals surface area contributed by atoms with Crippen molar-refractivity contribution in [3.8, 4) is 0 Å². The van der Waals surface area contributed by atoms with Crippen LogP contribution in [-0.4, -0.2) is 17.0 Å². The van der Waals surface area contributed by atoms with Gasteiger partial charge in [-0.1, -0.05) is 23.7 Å². The molecule has 0 saturated carbocycles. The lowest BCUT2D eigenvalue weighted by Crippen LogP contribution is -2.37. The molecular formula is C12H14N2OS. The molecule has 1 N–H and O–H groups in total. The van der Waals surface area contributed by atoms with Crippen LogP contribution in [0.25, 0.3) is 10.1 Å². The van der Waals surface area contributed by atoms with Gasteiger partial charge in [-0.2, -0.15) is 0 Å². The summed E-state index contributed by atoms with van der Waals surface area (Å²) in [7, 11) is 0. The Balaban J connectivity index is 2.24. The van der Waals surface area contributed by atoms with Crippen LogP contribution in [0.4, 0.5) is 0 Å².